The molecular weight excluding hydrogens is 422 g/mol. The number of nitrogens with two attached hydrogens (primary N) is 1. The molecule has 0 spiro atoms. The fourth-order valence-corrected chi connectivity index (χ4v) is 4.03. The molecule has 3 heterocycles. The van der Waals surface area contributed by atoms with E-state index in [4.69, 9.17) is 10.5 Å². The number of rotatable bonds is 6. The summed E-state index contributed by atoms with van der Waals surface area (Å²) in [6, 6.07) is 3.86. The number of carbonyl (C=O) groups excluding carboxylic acids is 2. The zero-order chi connectivity index (χ0) is 23.2. The number of benzene rings is 1. The predicted octanol–water partition coefficient (Wildman–Crippen LogP) is 2.65. The minimum Gasteiger partial charge on any atom is -0.447 e. The minimum absolute atomic E-state index is 0.140. The summed E-state index contributed by atoms with van der Waals surface area (Å²) in [6.07, 6.45) is -1.95. The molecule has 1 fully saturated rings. The molecule has 2 aliphatic heterocycles. The molecule has 1 aromatic carbocycles. The summed E-state index contributed by atoms with van der Waals surface area (Å²) in [7, 11) is 0. The number of cyclic esters (lactones) is 1. The lowest BCUT2D eigenvalue weighted by molar-refractivity contribution is -0.118. The van der Waals surface area contributed by atoms with Gasteiger partial charge in [0.05, 0.1) is 5.69 Å². The average Bonchev–Trinajstić information content (AvgIpc) is 3.27. The van der Waals surface area contributed by atoms with E-state index in [-0.39, 0.29) is 18.5 Å². The maximum atomic E-state index is 13.4. The van der Waals surface area contributed by atoms with E-state index in [9.17, 15) is 18.4 Å². The molecule has 9 nitrogen and oxygen atoms in total. The Morgan fingerprint density at radius 1 is 1.28 bits per heavy atom. The van der Waals surface area contributed by atoms with E-state index in [0.717, 1.165) is 21.8 Å². The predicted molar refractivity (Wildman–Crippen MR) is 116 cm³/mol. The van der Waals surface area contributed by atoms with E-state index in [0.29, 0.717) is 18.9 Å². The molecule has 1 aromatic heterocycles. The number of carbonyl (C=O) groups is 2. The number of nitrogens with zero attached hydrogens (tertiary/aromatic N) is 4. The van der Waals surface area contributed by atoms with Gasteiger partial charge in [-0.3, -0.25) is 4.79 Å². The van der Waals surface area contributed by atoms with Crippen LogP contribution < -0.4 is 20.9 Å². The van der Waals surface area contributed by atoms with Crippen LogP contribution in [0, 0.1) is 0 Å². The van der Waals surface area contributed by atoms with Crippen molar-refractivity contribution in [1.29, 1.82) is 0 Å². The van der Waals surface area contributed by atoms with Crippen LogP contribution in [0.25, 0.3) is 11.4 Å². The Hall–Kier alpha value is -3.37. The van der Waals surface area contributed by atoms with Gasteiger partial charge in [0.15, 0.2) is 5.82 Å². The third-order valence-electron chi connectivity index (χ3n) is 5.77. The lowest BCUT2D eigenvalue weighted by Gasteiger charge is -2.29. The number of anilines is 3. The van der Waals surface area contributed by atoms with Gasteiger partial charge in [-0.05, 0) is 39.0 Å². The van der Waals surface area contributed by atoms with Crippen molar-refractivity contribution in [1.82, 2.24) is 9.55 Å². The fraction of sp³-hybridized carbons (Fsp3) is 0.476. The molecule has 1 saturated heterocycles. The zero-order valence-electron chi connectivity index (χ0n) is 18.1. The molecular formula is C21H26F2N6O3. The van der Waals surface area contributed by atoms with Crippen molar-refractivity contribution in [3.05, 3.63) is 24.4 Å². The molecule has 2 aliphatic rings. The highest BCUT2D eigenvalue weighted by Gasteiger charge is 2.42. The zero-order valence-corrected chi connectivity index (χ0v) is 18.1. The van der Waals surface area contributed by atoms with Crippen LogP contribution in [-0.2, 0) is 16.1 Å². The van der Waals surface area contributed by atoms with Gasteiger partial charge in [-0.25, -0.2) is 23.5 Å². The van der Waals surface area contributed by atoms with Crippen LogP contribution in [0.1, 0.15) is 20.8 Å². The molecule has 11 heteroatoms. The highest BCUT2D eigenvalue weighted by atomic mass is 19.3. The van der Waals surface area contributed by atoms with E-state index in [1.165, 1.54) is 0 Å². The second-order valence-corrected chi connectivity index (χ2v) is 8.25. The van der Waals surface area contributed by atoms with E-state index in [2.05, 4.69) is 29.0 Å². The summed E-state index contributed by atoms with van der Waals surface area (Å²) >= 11 is 0. The molecule has 1 unspecified atom stereocenters. The number of alkyl halides is 2. The first-order chi connectivity index (χ1) is 15.2. The number of primary amides is 1. The van der Waals surface area contributed by atoms with Crippen molar-refractivity contribution in [3.63, 3.8) is 0 Å². The van der Waals surface area contributed by atoms with Crippen molar-refractivity contribution < 1.29 is 23.1 Å². The molecule has 2 amide bonds. The summed E-state index contributed by atoms with van der Waals surface area (Å²) in [5.74, 6) is 0.244. The van der Waals surface area contributed by atoms with Crippen LogP contribution in [0.3, 0.4) is 0 Å². The second kappa shape index (κ2) is 8.29. The quantitative estimate of drug-likeness (QED) is 0.704. The van der Waals surface area contributed by atoms with Gasteiger partial charge in [-0.2, -0.15) is 0 Å². The second-order valence-electron chi connectivity index (χ2n) is 8.25. The standard InChI is InChI=1S/C21H26F2N6O3/c1-11(2)28-7-6-27-9-17(29-16(18(22)23)10-32-21(29)31)26-20(27)14-5-4-13(8-15(14)28)25-12(3)19(24)30/h4-5,8-9,11-12,16,18,25H,6-7,10H2,1-3H3,(H2,24,30)/t12-,16?/m0/s1. The minimum atomic E-state index is -2.74. The van der Waals surface area contributed by atoms with Crippen molar-refractivity contribution in [3.8, 4) is 11.4 Å². The first-order valence-corrected chi connectivity index (χ1v) is 10.5. The number of fused-ring (bicyclic) bond motifs is 3. The molecule has 0 aliphatic carbocycles. The summed E-state index contributed by atoms with van der Waals surface area (Å²) in [4.78, 5) is 31.3. The number of halogens is 2. The first-order valence-electron chi connectivity index (χ1n) is 10.5. The van der Waals surface area contributed by atoms with Gasteiger partial charge < -0.3 is 25.3 Å². The van der Waals surface area contributed by atoms with E-state index < -0.39 is 30.5 Å². The number of nitrogens with one attached hydrogen (secondary N) is 1. The smallest absolute Gasteiger partial charge is 0.416 e. The molecule has 3 N–H and O–H groups in total. The van der Waals surface area contributed by atoms with Gasteiger partial charge in [0.25, 0.3) is 6.43 Å². The Bertz CT molecular complexity index is 1040. The highest BCUT2D eigenvalue weighted by Crippen LogP contribution is 2.38. The third-order valence-corrected chi connectivity index (χ3v) is 5.77. The van der Waals surface area contributed by atoms with Gasteiger partial charge in [-0.1, -0.05) is 0 Å². The number of hydrogen-bond donors (Lipinski definition) is 2. The molecule has 4 rings (SSSR count). The van der Waals surface area contributed by atoms with Crippen molar-refractivity contribution in [2.75, 3.05) is 28.3 Å². The van der Waals surface area contributed by atoms with E-state index in [1.807, 2.05) is 22.8 Å². The maximum Gasteiger partial charge on any atom is 0.416 e. The largest absolute Gasteiger partial charge is 0.447 e. The van der Waals surface area contributed by atoms with Gasteiger partial charge in [0.1, 0.15) is 24.5 Å². The highest BCUT2D eigenvalue weighted by molar-refractivity contribution is 5.90. The summed E-state index contributed by atoms with van der Waals surface area (Å²) in [6.45, 7) is 6.65. The monoisotopic (exact) mass is 448 g/mol. The van der Waals surface area contributed by atoms with Gasteiger partial charge in [-0.15, -0.1) is 0 Å². The van der Waals surface area contributed by atoms with Gasteiger partial charge in [0.2, 0.25) is 5.91 Å². The van der Waals surface area contributed by atoms with Crippen molar-refractivity contribution in [2.24, 2.45) is 5.73 Å². The first kappa shape index (κ1) is 21.8. The summed E-state index contributed by atoms with van der Waals surface area (Å²) < 4.78 is 33.6. The Morgan fingerprint density at radius 3 is 2.69 bits per heavy atom. The van der Waals surface area contributed by atoms with Gasteiger partial charge in [0, 0.05) is 36.6 Å². The number of hydrogen-bond acceptors (Lipinski definition) is 6. The number of amides is 2. The van der Waals surface area contributed by atoms with Gasteiger partial charge >= 0.3 is 6.09 Å². The topological polar surface area (TPSA) is 106 Å². The Kier molecular flexibility index (Phi) is 5.66. The molecule has 0 saturated carbocycles. The molecule has 0 radical (unpaired) electrons. The molecule has 2 aromatic rings. The average molecular weight is 448 g/mol. The number of ether oxygens (including phenoxy) is 1. The number of aromatic nitrogens is 2. The van der Waals surface area contributed by atoms with Crippen LogP contribution >= 0.6 is 0 Å². The van der Waals surface area contributed by atoms with E-state index in [1.54, 1.807) is 13.1 Å². The van der Waals surface area contributed by atoms with Crippen LogP contribution in [-0.4, -0.2) is 59.3 Å². The maximum absolute atomic E-state index is 13.4. The SMILES string of the molecule is CC(C)N1CCn2cc(N3C(=O)OCC3C(F)F)nc2-c2ccc(N[C@@H](C)C(N)=O)cc21. The fourth-order valence-electron chi connectivity index (χ4n) is 4.03. The lowest BCUT2D eigenvalue weighted by atomic mass is 10.1. The van der Waals surface area contributed by atoms with Crippen LogP contribution in [0.2, 0.25) is 0 Å². The van der Waals surface area contributed by atoms with Crippen molar-refractivity contribution in [2.45, 2.75) is 51.9 Å². The van der Waals surface area contributed by atoms with Crippen LogP contribution in [0.15, 0.2) is 24.4 Å². The lowest BCUT2D eigenvalue weighted by Crippen LogP contribution is -2.39. The molecule has 0 bridgehead atoms. The molecule has 172 valence electrons. The molecule has 2 atom stereocenters. The Balaban J connectivity index is 1.76. The third kappa shape index (κ3) is 3.82. The number of imidazole rings is 1. The summed E-state index contributed by atoms with van der Waals surface area (Å²) in [5, 5.41) is 3.09. The van der Waals surface area contributed by atoms with Crippen molar-refractivity contribution >= 4 is 29.2 Å². The van der Waals surface area contributed by atoms with E-state index >= 15 is 0 Å². The normalized spacial score (nSPS) is 19.0. The Labute approximate surface area is 184 Å². The van der Waals surface area contributed by atoms with Crippen LogP contribution in [0.5, 0.6) is 0 Å². The summed E-state index contributed by atoms with van der Waals surface area (Å²) in [5.41, 5.74) is 7.77. The molecule has 32 heavy (non-hydrogen) atoms. The van der Waals surface area contributed by atoms with Crippen LogP contribution in [0.4, 0.5) is 30.8 Å². The Morgan fingerprint density at radius 2 is 2.03 bits per heavy atom.